The van der Waals surface area contributed by atoms with Crippen LogP contribution < -0.4 is 4.74 Å². The Morgan fingerprint density at radius 3 is 2.48 bits per heavy atom. The molecule has 1 N–H and O–H groups in total. The third kappa shape index (κ3) is 5.99. The average Bonchev–Trinajstić information content (AvgIpc) is 2.63. The van der Waals surface area contributed by atoms with Crippen LogP contribution in [0.25, 0.3) is 0 Å². The van der Waals surface area contributed by atoms with Crippen molar-refractivity contribution in [3.8, 4) is 6.01 Å². The summed E-state index contributed by atoms with van der Waals surface area (Å²) >= 11 is 0. The lowest BCUT2D eigenvalue weighted by Gasteiger charge is -2.31. The van der Waals surface area contributed by atoms with E-state index in [1.165, 1.54) is 11.8 Å². The fourth-order valence-corrected chi connectivity index (χ4v) is 2.88. The third-order valence-electron chi connectivity index (χ3n) is 4.26. The first-order valence-corrected chi connectivity index (χ1v) is 8.22. The zero-order valence-corrected chi connectivity index (χ0v) is 14.8. The number of likely N-dealkylation sites (tertiary alicyclic amines) is 1. The van der Waals surface area contributed by atoms with Crippen LogP contribution in [-0.2, 0) is 6.54 Å². The van der Waals surface area contributed by atoms with Crippen LogP contribution in [0.3, 0.4) is 0 Å². The molecule has 1 aromatic heterocycles. The minimum Gasteiger partial charge on any atom is -0.463 e. The van der Waals surface area contributed by atoms with Crippen LogP contribution in [0.1, 0.15) is 24.0 Å². The summed E-state index contributed by atoms with van der Waals surface area (Å²) in [4.78, 5) is 10.7. The maximum absolute atomic E-state index is 8.46. The number of hydrogen-bond donors (Lipinski definition) is 1. The highest BCUT2D eigenvalue weighted by atomic mass is 35.5. The van der Waals surface area contributed by atoms with Gasteiger partial charge in [-0.25, -0.2) is 9.97 Å². The highest BCUT2D eigenvalue weighted by Gasteiger charge is 2.20. The zero-order valence-electron chi connectivity index (χ0n) is 14.0. The van der Waals surface area contributed by atoms with Crippen molar-refractivity contribution in [2.45, 2.75) is 19.4 Å². The lowest BCUT2D eigenvalue weighted by atomic mass is 9.97. The van der Waals surface area contributed by atoms with Gasteiger partial charge < -0.3 is 9.94 Å². The molecule has 134 valence electrons. The van der Waals surface area contributed by atoms with E-state index in [2.05, 4.69) is 50.4 Å². The molecule has 1 aliphatic heterocycles. The van der Waals surface area contributed by atoms with Crippen LogP contribution in [0.2, 0.25) is 0 Å². The molecule has 1 saturated heterocycles. The van der Waals surface area contributed by atoms with Gasteiger partial charge in [-0.05, 0) is 37.4 Å². The van der Waals surface area contributed by atoms with Crippen molar-refractivity contribution >= 4 is 18.6 Å². The maximum Gasteiger partial charge on any atom is 0.316 e. The topological polar surface area (TPSA) is 70.8 Å². The zero-order chi connectivity index (χ0) is 16.6. The largest absolute Gasteiger partial charge is 0.463 e. The van der Waals surface area contributed by atoms with Gasteiger partial charge in [0, 0.05) is 24.5 Å². The molecule has 7 heteroatoms. The quantitative estimate of drug-likeness (QED) is 0.486. The standard InChI is InChI=1S/C18H22N4O2.ClH/c23-21-12-17-10-19-18(20-11-17)24-14-16-6-8-22(9-7-16)13-15-4-2-1-3-5-15;/h1-5,10-12,16,23H,6-9,13-14H2;1H. The van der Waals surface area contributed by atoms with Crippen molar-refractivity contribution in [1.29, 1.82) is 0 Å². The van der Waals surface area contributed by atoms with Gasteiger partial charge >= 0.3 is 6.01 Å². The Morgan fingerprint density at radius 1 is 1.16 bits per heavy atom. The Bertz CT molecular complexity index is 644. The number of halogens is 1. The summed E-state index contributed by atoms with van der Waals surface area (Å²) in [6.45, 7) is 3.85. The number of oxime groups is 1. The molecule has 0 saturated carbocycles. The second-order valence-corrected chi connectivity index (χ2v) is 6.06. The molecule has 1 fully saturated rings. The molecule has 0 aliphatic carbocycles. The minimum atomic E-state index is 0. The van der Waals surface area contributed by atoms with Gasteiger partial charge in [0.15, 0.2) is 0 Å². The number of rotatable bonds is 6. The van der Waals surface area contributed by atoms with E-state index in [0.717, 1.165) is 32.5 Å². The van der Waals surface area contributed by atoms with E-state index in [-0.39, 0.29) is 12.4 Å². The molecule has 1 aromatic carbocycles. The predicted octanol–water partition coefficient (Wildman–Crippen LogP) is 3.00. The van der Waals surface area contributed by atoms with Crippen molar-refractivity contribution in [2.24, 2.45) is 11.1 Å². The maximum atomic E-state index is 8.46. The molecule has 0 amide bonds. The van der Waals surface area contributed by atoms with Crippen LogP contribution >= 0.6 is 12.4 Å². The first kappa shape index (κ1) is 19.1. The molecule has 1 aliphatic rings. The van der Waals surface area contributed by atoms with E-state index in [4.69, 9.17) is 9.94 Å². The summed E-state index contributed by atoms with van der Waals surface area (Å²) in [6, 6.07) is 11.0. The molecule has 0 spiro atoms. The molecule has 2 aromatic rings. The van der Waals surface area contributed by atoms with Crippen LogP contribution in [0.5, 0.6) is 6.01 Å². The van der Waals surface area contributed by atoms with Crippen LogP contribution in [0, 0.1) is 5.92 Å². The van der Waals surface area contributed by atoms with Crippen molar-refractivity contribution in [3.63, 3.8) is 0 Å². The molecule has 2 heterocycles. The molecule has 6 nitrogen and oxygen atoms in total. The highest BCUT2D eigenvalue weighted by Crippen LogP contribution is 2.19. The fraction of sp³-hybridized carbons (Fsp3) is 0.389. The minimum absolute atomic E-state index is 0. The van der Waals surface area contributed by atoms with Crippen molar-refractivity contribution in [1.82, 2.24) is 14.9 Å². The number of nitrogens with zero attached hydrogens (tertiary/aromatic N) is 4. The molecular formula is C18H23ClN4O2. The van der Waals surface area contributed by atoms with Gasteiger partial charge in [0.25, 0.3) is 0 Å². The second kappa shape index (κ2) is 9.96. The lowest BCUT2D eigenvalue weighted by Crippen LogP contribution is -2.35. The average molecular weight is 363 g/mol. The number of hydrogen-bond acceptors (Lipinski definition) is 6. The first-order chi connectivity index (χ1) is 11.8. The van der Waals surface area contributed by atoms with Crippen LogP contribution in [0.15, 0.2) is 47.9 Å². The summed E-state index contributed by atoms with van der Waals surface area (Å²) in [5, 5.41) is 11.4. The summed E-state index contributed by atoms with van der Waals surface area (Å²) in [5.74, 6) is 0.541. The van der Waals surface area contributed by atoms with E-state index in [0.29, 0.717) is 24.1 Å². The molecular weight excluding hydrogens is 340 g/mol. The number of aromatic nitrogens is 2. The molecule has 0 bridgehead atoms. The Morgan fingerprint density at radius 2 is 1.84 bits per heavy atom. The fourth-order valence-electron chi connectivity index (χ4n) is 2.88. The Balaban J connectivity index is 0.00000225. The van der Waals surface area contributed by atoms with Gasteiger partial charge in [0.2, 0.25) is 0 Å². The van der Waals surface area contributed by atoms with Gasteiger partial charge in [-0.2, -0.15) is 0 Å². The summed E-state index contributed by atoms with van der Waals surface area (Å²) < 4.78 is 5.68. The van der Waals surface area contributed by atoms with E-state index >= 15 is 0 Å². The van der Waals surface area contributed by atoms with Crippen LogP contribution in [0.4, 0.5) is 0 Å². The van der Waals surface area contributed by atoms with Gasteiger partial charge in [-0.15, -0.1) is 12.4 Å². The smallest absolute Gasteiger partial charge is 0.316 e. The SMILES string of the molecule is Cl.ON=Cc1cnc(OCC2CCN(Cc3ccccc3)CC2)nc1. The van der Waals surface area contributed by atoms with Crippen molar-refractivity contribution in [3.05, 3.63) is 53.9 Å². The second-order valence-electron chi connectivity index (χ2n) is 6.06. The molecule has 3 rings (SSSR count). The Hall–Kier alpha value is -2.18. The van der Waals surface area contributed by atoms with Gasteiger partial charge in [0.05, 0.1) is 12.8 Å². The van der Waals surface area contributed by atoms with Gasteiger partial charge in [0.1, 0.15) is 0 Å². The van der Waals surface area contributed by atoms with E-state index in [1.54, 1.807) is 12.4 Å². The van der Waals surface area contributed by atoms with Crippen molar-refractivity contribution < 1.29 is 9.94 Å². The summed E-state index contributed by atoms with van der Waals surface area (Å²) in [7, 11) is 0. The Kier molecular flexibility index (Phi) is 7.63. The van der Waals surface area contributed by atoms with Gasteiger partial charge in [-0.3, -0.25) is 4.90 Å². The molecule has 0 radical (unpaired) electrons. The number of ether oxygens (including phenoxy) is 1. The van der Waals surface area contributed by atoms with E-state index in [9.17, 15) is 0 Å². The first-order valence-electron chi connectivity index (χ1n) is 8.22. The predicted molar refractivity (Wildman–Crippen MR) is 98.6 cm³/mol. The Labute approximate surface area is 154 Å². The molecule has 0 atom stereocenters. The summed E-state index contributed by atoms with van der Waals surface area (Å²) in [6.07, 6.45) is 6.69. The third-order valence-corrected chi connectivity index (χ3v) is 4.26. The van der Waals surface area contributed by atoms with Crippen molar-refractivity contribution in [2.75, 3.05) is 19.7 Å². The number of benzene rings is 1. The highest BCUT2D eigenvalue weighted by molar-refractivity contribution is 5.85. The summed E-state index contributed by atoms with van der Waals surface area (Å²) in [5.41, 5.74) is 2.01. The molecule has 0 unspecified atom stereocenters. The lowest BCUT2D eigenvalue weighted by molar-refractivity contribution is 0.132. The normalized spacial score (nSPS) is 15.8. The van der Waals surface area contributed by atoms with Crippen LogP contribution in [-0.4, -0.2) is 46.0 Å². The molecule has 25 heavy (non-hydrogen) atoms. The van der Waals surface area contributed by atoms with E-state index < -0.39 is 0 Å². The monoisotopic (exact) mass is 362 g/mol. The number of piperidine rings is 1. The van der Waals surface area contributed by atoms with Gasteiger partial charge in [-0.1, -0.05) is 35.5 Å². The van der Waals surface area contributed by atoms with E-state index in [1.807, 2.05) is 0 Å².